The molecule has 0 aliphatic carbocycles. The first-order valence-corrected chi connectivity index (χ1v) is 6.90. The lowest BCUT2D eigenvalue weighted by atomic mass is 10.0. The average molecular weight is 308 g/mol. The fourth-order valence-electron chi connectivity index (χ4n) is 1.91. The van der Waals surface area contributed by atoms with Gasteiger partial charge in [0.1, 0.15) is 5.76 Å². The number of rotatable bonds is 2. The number of halogens is 1. The Bertz CT molecular complexity index is 658. The van der Waals surface area contributed by atoms with Crippen LogP contribution in [0, 0.1) is 0 Å². The number of hydrogen-bond acceptors (Lipinski definition) is 3. The van der Waals surface area contributed by atoms with Gasteiger partial charge in [-0.3, -0.25) is 0 Å². The summed E-state index contributed by atoms with van der Waals surface area (Å²) in [5.74, 6) is 0.776. The van der Waals surface area contributed by atoms with Gasteiger partial charge in [-0.2, -0.15) is 0 Å². The Morgan fingerprint density at radius 1 is 1.18 bits per heavy atom. The fraction of sp³-hybridized carbons (Fsp3) is 0.0769. The van der Waals surface area contributed by atoms with Crippen molar-refractivity contribution in [1.82, 2.24) is 0 Å². The summed E-state index contributed by atoms with van der Waals surface area (Å²) in [7, 11) is 0. The largest absolute Gasteiger partial charge is 0.452 e. The van der Waals surface area contributed by atoms with Crippen LogP contribution >= 0.6 is 27.3 Å². The van der Waals surface area contributed by atoms with Gasteiger partial charge in [-0.15, -0.1) is 11.3 Å². The van der Waals surface area contributed by atoms with Gasteiger partial charge in [-0.05, 0) is 50.5 Å². The molecule has 0 aliphatic rings. The van der Waals surface area contributed by atoms with E-state index in [1.165, 1.54) is 10.1 Å². The van der Waals surface area contributed by atoms with Gasteiger partial charge < -0.3 is 10.2 Å². The Kier molecular flexibility index (Phi) is 2.78. The van der Waals surface area contributed by atoms with Gasteiger partial charge in [0.05, 0.1) is 6.04 Å². The summed E-state index contributed by atoms with van der Waals surface area (Å²) in [5.41, 5.74) is 7.36. The maximum absolute atomic E-state index is 6.25. The molecule has 2 N–H and O–H groups in total. The zero-order chi connectivity index (χ0) is 11.8. The number of hydrogen-bond donors (Lipinski definition) is 1. The molecule has 0 aliphatic heterocycles. The van der Waals surface area contributed by atoms with Crippen LogP contribution in [0.3, 0.4) is 0 Å². The van der Waals surface area contributed by atoms with Crippen LogP contribution in [-0.2, 0) is 0 Å². The number of furan rings is 1. The molecule has 3 aromatic rings. The van der Waals surface area contributed by atoms with E-state index in [2.05, 4.69) is 39.5 Å². The Morgan fingerprint density at radius 2 is 2.06 bits per heavy atom. The van der Waals surface area contributed by atoms with E-state index < -0.39 is 0 Å². The summed E-state index contributed by atoms with van der Waals surface area (Å²) in [5, 5.41) is 3.31. The van der Waals surface area contributed by atoms with E-state index >= 15 is 0 Å². The summed E-state index contributed by atoms with van der Waals surface area (Å²) in [6.07, 6.45) is 0. The third-order valence-electron chi connectivity index (χ3n) is 2.75. The van der Waals surface area contributed by atoms with E-state index in [1.807, 2.05) is 18.2 Å². The van der Waals surface area contributed by atoms with Crippen molar-refractivity contribution in [1.29, 1.82) is 0 Å². The molecule has 0 fully saturated rings. The van der Waals surface area contributed by atoms with Crippen molar-refractivity contribution in [2.24, 2.45) is 5.73 Å². The van der Waals surface area contributed by atoms with E-state index in [4.69, 9.17) is 10.2 Å². The van der Waals surface area contributed by atoms with Crippen molar-refractivity contribution in [2.75, 3.05) is 0 Å². The van der Waals surface area contributed by atoms with Crippen molar-refractivity contribution in [2.45, 2.75) is 6.04 Å². The van der Waals surface area contributed by atoms with E-state index in [0.717, 1.165) is 11.3 Å². The zero-order valence-corrected chi connectivity index (χ0v) is 11.3. The first-order chi connectivity index (χ1) is 8.25. The standard InChI is InChI=1S/C13H10BrNOS/c14-11-5-4-10(16-11)12(15)9-3-1-2-8-6-7-17-13(8)9/h1-7,12H,15H2. The van der Waals surface area contributed by atoms with E-state index in [1.54, 1.807) is 11.3 Å². The number of benzene rings is 1. The van der Waals surface area contributed by atoms with Crippen LogP contribution in [0.2, 0.25) is 0 Å². The molecule has 1 atom stereocenters. The summed E-state index contributed by atoms with van der Waals surface area (Å²) in [4.78, 5) is 0. The summed E-state index contributed by atoms with van der Waals surface area (Å²) >= 11 is 5.01. The molecule has 0 saturated heterocycles. The van der Waals surface area contributed by atoms with Gasteiger partial charge in [0.2, 0.25) is 0 Å². The van der Waals surface area contributed by atoms with Crippen LogP contribution in [0.5, 0.6) is 0 Å². The first kappa shape index (κ1) is 11.0. The Morgan fingerprint density at radius 3 is 2.82 bits per heavy atom. The molecule has 0 amide bonds. The molecule has 4 heteroatoms. The van der Waals surface area contributed by atoms with Crippen molar-refractivity contribution < 1.29 is 4.42 Å². The minimum Gasteiger partial charge on any atom is -0.452 e. The highest BCUT2D eigenvalue weighted by molar-refractivity contribution is 9.10. The lowest BCUT2D eigenvalue weighted by molar-refractivity contribution is 0.471. The smallest absolute Gasteiger partial charge is 0.169 e. The Hall–Kier alpha value is -1.10. The SMILES string of the molecule is NC(c1ccc(Br)o1)c1cccc2ccsc12. The minimum atomic E-state index is -0.219. The quantitative estimate of drug-likeness (QED) is 0.766. The van der Waals surface area contributed by atoms with Gasteiger partial charge in [0.25, 0.3) is 0 Å². The predicted molar refractivity (Wildman–Crippen MR) is 74.3 cm³/mol. The van der Waals surface area contributed by atoms with Gasteiger partial charge >= 0.3 is 0 Å². The average Bonchev–Trinajstić information content (AvgIpc) is 2.95. The van der Waals surface area contributed by atoms with Crippen LogP contribution < -0.4 is 5.73 Å². The van der Waals surface area contributed by atoms with Crippen molar-refractivity contribution in [3.63, 3.8) is 0 Å². The van der Waals surface area contributed by atoms with Crippen molar-refractivity contribution in [3.8, 4) is 0 Å². The highest BCUT2D eigenvalue weighted by Gasteiger charge is 2.15. The maximum atomic E-state index is 6.25. The topological polar surface area (TPSA) is 39.2 Å². The second kappa shape index (κ2) is 4.29. The molecule has 0 bridgehead atoms. The molecule has 2 aromatic heterocycles. The molecular formula is C13H10BrNOS. The van der Waals surface area contributed by atoms with E-state index in [-0.39, 0.29) is 6.04 Å². The van der Waals surface area contributed by atoms with Gasteiger partial charge in [-0.1, -0.05) is 18.2 Å². The molecule has 0 radical (unpaired) electrons. The van der Waals surface area contributed by atoms with Gasteiger partial charge in [0.15, 0.2) is 4.67 Å². The Labute approximate surface area is 111 Å². The van der Waals surface area contributed by atoms with Crippen LogP contribution in [0.25, 0.3) is 10.1 Å². The normalized spacial score (nSPS) is 13.1. The minimum absolute atomic E-state index is 0.219. The second-order valence-corrected chi connectivity index (χ2v) is 5.50. The molecule has 0 saturated carbocycles. The monoisotopic (exact) mass is 307 g/mol. The molecule has 2 heterocycles. The molecule has 2 nitrogen and oxygen atoms in total. The van der Waals surface area contributed by atoms with Crippen LogP contribution in [-0.4, -0.2) is 0 Å². The highest BCUT2D eigenvalue weighted by atomic mass is 79.9. The summed E-state index contributed by atoms with van der Waals surface area (Å²) in [6.45, 7) is 0. The lowest BCUT2D eigenvalue weighted by Gasteiger charge is -2.10. The number of nitrogens with two attached hydrogens (primary N) is 1. The number of fused-ring (bicyclic) bond motifs is 1. The van der Waals surface area contributed by atoms with E-state index in [0.29, 0.717) is 4.67 Å². The first-order valence-electron chi connectivity index (χ1n) is 5.22. The molecule has 0 spiro atoms. The van der Waals surface area contributed by atoms with E-state index in [9.17, 15) is 0 Å². The molecule has 3 rings (SSSR count). The van der Waals surface area contributed by atoms with Crippen molar-refractivity contribution >= 4 is 37.4 Å². The second-order valence-electron chi connectivity index (χ2n) is 3.81. The van der Waals surface area contributed by atoms with Gasteiger partial charge in [0, 0.05) is 4.70 Å². The summed E-state index contributed by atoms with van der Waals surface area (Å²) < 4.78 is 7.46. The fourth-order valence-corrected chi connectivity index (χ4v) is 3.18. The number of thiophene rings is 1. The highest BCUT2D eigenvalue weighted by Crippen LogP contribution is 2.32. The maximum Gasteiger partial charge on any atom is 0.169 e. The van der Waals surface area contributed by atoms with Gasteiger partial charge in [-0.25, -0.2) is 0 Å². The third-order valence-corrected chi connectivity index (χ3v) is 4.15. The third kappa shape index (κ3) is 1.92. The molecule has 86 valence electrons. The lowest BCUT2D eigenvalue weighted by Crippen LogP contribution is -2.10. The van der Waals surface area contributed by atoms with Crippen LogP contribution in [0.4, 0.5) is 0 Å². The van der Waals surface area contributed by atoms with Crippen LogP contribution in [0.15, 0.2) is 50.9 Å². The molecular weight excluding hydrogens is 298 g/mol. The molecule has 1 unspecified atom stereocenters. The molecule has 17 heavy (non-hydrogen) atoms. The van der Waals surface area contributed by atoms with Crippen molar-refractivity contribution in [3.05, 3.63) is 57.8 Å². The molecule has 1 aromatic carbocycles. The zero-order valence-electron chi connectivity index (χ0n) is 8.89. The Balaban J connectivity index is 2.12. The summed E-state index contributed by atoms with van der Waals surface area (Å²) in [6, 6.07) is 11.8. The predicted octanol–water partition coefficient (Wildman–Crippen LogP) is 4.30. The van der Waals surface area contributed by atoms with Crippen LogP contribution in [0.1, 0.15) is 17.4 Å².